The molecule has 2 aromatic rings. The van der Waals surface area contributed by atoms with E-state index in [-0.39, 0.29) is 11.9 Å². The topological polar surface area (TPSA) is 33.5 Å². The Morgan fingerprint density at radius 2 is 1.79 bits per heavy atom. The standard InChI is InChI=1S/C20H23ClN2O/c1-15-6-5-7-18(14-15)22-20(24)19(23-12-3-2-4-13-23)16-8-10-17(21)11-9-16/h5-11,14,19H,2-4,12-13H2,1H3,(H,22,24)/p+1/t19-/m1/s1. The molecule has 0 aliphatic carbocycles. The minimum absolute atomic E-state index is 0.0554. The number of piperidine rings is 1. The predicted octanol–water partition coefficient (Wildman–Crippen LogP) is 3.40. The van der Waals surface area contributed by atoms with Gasteiger partial charge in [0, 0.05) is 16.3 Å². The van der Waals surface area contributed by atoms with Crippen LogP contribution in [-0.4, -0.2) is 19.0 Å². The maximum atomic E-state index is 13.0. The molecular formula is C20H24ClN2O+. The highest BCUT2D eigenvalue weighted by Gasteiger charge is 2.32. The molecule has 0 radical (unpaired) electrons. The number of amides is 1. The number of carbonyl (C=O) groups excluding carboxylic acids is 1. The lowest BCUT2D eigenvalue weighted by Gasteiger charge is -2.31. The summed E-state index contributed by atoms with van der Waals surface area (Å²) < 4.78 is 0. The lowest BCUT2D eigenvalue weighted by atomic mass is 10.0. The van der Waals surface area contributed by atoms with E-state index in [0.29, 0.717) is 5.02 Å². The number of hydrogen-bond donors (Lipinski definition) is 2. The van der Waals surface area contributed by atoms with Crippen LogP contribution in [0.25, 0.3) is 0 Å². The molecule has 1 saturated heterocycles. The Morgan fingerprint density at radius 1 is 1.08 bits per heavy atom. The second-order valence-electron chi connectivity index (χ2n) is 6.56. The molecule has 1 aliphatic rings. The van der Waals surface area contributed by atoms with Crippen LogP contribution in [0.3, 0.4) is 0 Å². The molecule has 3 nitrogen and oxygen atoms in total. The molecule has 0 aromatic heterocycles. The Bertz CT molecular complexity index is 693. The maximum absolute atomic E-state index is 13.0. The van der Waals surface area contributed by atoms with Crippen LogP contribution in [-0.2, 0) is 4.79 Å². The summed E-state index contributed by atoms with van der Waals surface area (Å²) in [7, 11) is 0. The average molecular weight is 344 g/mol. The van der Waals surface area contributed by atoms with Gasteiger partial charge < -0.3 is 10.2 Å². The SMILES string of the molecule is Cc1cccc(NC(=O)[C@@H](c2ccc(Cl)cc2)[NH+]2CCCCC2)c1. The molecule has 2 aromatic carbocycles. The van der Waals surface area contributed by atoms with Gasteiger partial charge in [-0.15, -0.1) is 0 Å². The van der Waals surface area contributed by atoms with Gasteiger partial charge in [0.15, 0.2) is 6.04 Å². The Labute approximate surface area is 148 Å². The van der Waals surface area contributed by atoms with E-state index < -0.39 is 0 Å². The third-order valence-electron chi connectivity index (χ3n) is 4.66. The molecule has 1 heterocycles. The number of hydrogen-bond acceptors (Lipinski definition) is 1. The van der Waals surface area contributed by atoms with E-state index in [1.54, 1.807) is 0 Å². The Kier molecular flexibility index (Phi) is 5.54. The summed E-state index contributed by atoms with van der Waals surface area (Å²) in [4.78, 5) is 14.4. The fourth-order valence-electron chi connectivity index (χ4n) is 3.46. The minimum atomic E-state index is -0.192. The zero-order chi connectivity index (χ0) is 16.9. The zero-order valence-corrected chi connectivity index (χ0v) is 14.8. The summed E-state index contributed by atoms with van der Waals surface area (Å²) in [6.45, 7) is 4.10. The smallest absolute Gasteiger partial charge is 0.287 e. The van der Waals surface area contributed by atoms with Gasteiger partial charge >= 0.3 is 0 Å². The van der Waals surface area contributed by atoms with Crippen molar-refractivity contribution in [3.63, 3.8) is 0 Å². The van der Waals surface area contributed by atoms with Gasteiger partial charge in [0.2, 0.25) is 0 Å². The summed E-state index contributed by atoms with van der Waals surface area (Å²) in [5.41, 5.74) is 3.03. The van der Waals surface area contributed by atoms with Crippen molar-refractivity contribution < 1.29 is 9.69 Å². The first-order chi connectivity index (χ1) is 11.6. The van der Waals surface area contributed by atoms with Crippen molar-refractivity contribution in [2.24, 2.45) is 0 Å². The highest BCUT2D eigenvalue weighted by atomic mass is 35.5. The van der Waals surface area contributed by atoms with Crippen LogP contribution < -0.4 is 10.2 Å². The Morgan fingerprint density at radius 3 is 2.46 bits per heavy atom. The molecule has 0 spiro atoms. The molecule has 24 heavy (non-hydrogen) atoms. The fourth-order valence-corrected chi connectivity index (χ4v) is 3.59. The first kappa shape index (κ1) is 17.0. The predicted molar refractivity (Wildman–Crippen MR) is 98.5 cm³/mol. The number of quaternary nitrogens is 1. The molecule has 0 bridgehead atoms. The van der Waals surface area contributed by atoms with E-state index >= 15 is 0 Å². The van der Waals surface area contributed by atoms with E-state index in [2.05, 4.69) is 5.32 Å². The molecule has 2 N–H and O–H groups in total. The van der Waals surface area contributed by atoms with E-state index in [0.717, 1.165) is 29.9 Å². The van der Waals surface area contributed by atoms with Gasteiger partial charge in [-0.25, -0.2) is 0 Å². The van der Waals surface area contributed by atoms with Gasteiger partial charge in [0.25, 0.3) is 5.91 Å². The number of likely N-dealkylation sites (tertiary alicyclic amines) is 1. The van der Waals surface area contributed by atoms with Crippen molar-refractivity contribution in [1.82, 2.24) is 0 Å². The quantitative estimate of drug-likeness (QED) is 0.876. The summed E-state index contributed by atoms with van der Waals surface area (Å²) in [5.74, 6) is 0.0554. The molecular weight excluding hydrogens is 320 g/mol. The van der Waals surface area contributed by atoms with E-state index in [1.807, 2.05) is 55.5 Å². The van der Waals surface area contributed by atoms with Crippen LogP contribution in [0, 0.1) is 6.92 Å². The summed E-state index contributed by atoms with van der Waals surface area (Å²) in [5, 5.41) is 3.80. The largest absolute Gasteiger partial charge is 0.321 e. The van der Waals surface area contributed by atoms with Crippen molar-refractivity contribution in [1.29, 1.82) is 0 Å². The fraction of sp³-hybridized carbons (Fsp3) is 0.350. The molecule has 3 rings (SSSR count). The first-order valence-electron chi connectivity index (χ1n) is 8.61. The van der Waals surface area contributed by atoms with Gasteiger partial charge in [0.05, 0.1) is 13.1 Å². The monoisotopic (exact) mass is 343 g/mol. The summed E-state index contributed by atoms with van der Waals surface area (Å²) >= 11 is 6.02. The van der Waals surface area contributed by atoms with Crippen molar-refractivity contribution in [3.8, 4) is 0 Å². The second kappa shape index (κ2) is 7.82. The highest BCUT2D eigenvalue weighted by Crippen LogP contribution is 2.18. The number of aryl methyl sites for hydroxylation is 1. The number of carbonyl (C=O) groups is 1. The molecule has 4 heteroatoms. The van der Waals surface area contributed by atoms with Crippen LogP contribution >= 0.6 is 11.6 Å². The third-order valence-corrected chi connectivity index (χ3v) is 4.91. The van der Waals surface area contributed by atoms with Crippen molar-refractivity contribution in [2.45, 2.75) is 32.2 Å². The van der Waals surface area contributed by atoms with E-state index in [1.165, 1.54) is 24.2 Å². The van der Waals surface area contributed by atoms with Gasteiger partial charge in [-0.05, 0) is 56.0 Å². The summed E-state index contributed by atoms with van der Waals surface area (Å²) in [6.07, 6.45) is 3.62. The molecule has 126 valence electrons. The summed E-state index contributed by atoms with van der Waals surface area (Å²) in [6, 6.07) is 15.4. The number of halogens is 1. The molecule has 1 atom stereocenters. The zero-order valence-electron chi connectivity index (χ0n) is 14.0. The average Bonchev–Trinajstić information content (AvgIpc) is 2.58. The van der Waals surface area contributed by atoms with Gasteiger partial charge in [0.1, 0.15) is 0 Å². The van der Waals surface area contributed by atoms with Crippen molar-refractivity contribution >= 4 is 23.2 Å². The molecule has 0 saturated carbocycles. The Hall–Kier alpha value is -1.84. The lowest BCUT2D eigenvalue weighted by Crippen LogP contribution is -3.14. The molecule has 0 unspecified atom stereocenters. The Balaban J connectivity index is 1.85. The van der Waals surface area contributed by atoms with Crippen molar-refractivity contribution in [3.05, 3.63) is 64.7 Å². The highest BCUT2D eigenvalue weighted by molar-refractivity contribution is 6.30. The van der Waals surface area contributed by atoms with Crippen molar-refractivity contribution in [2.75, 3.05) is 18.4 Å². The normalized spacial score (nSPS) is 16.6. The van der Waals surface area contributed by atoms with E-state index in [4.69, 9.17) is 11.6 Å². The van der Waals surface area contributed by atoms with Crippen LogP contribution in [0.5, 0.6) is 0 Å². The molecule has 1 fully saturated rings. The van der Waals surface area contributed by atoms with Crippen LogP contribution in [0.15, 0.2) is 48.5 Å². The van der Waals surface area contributed by atoms with Gasteiger partial charge in [-0.1, -0.05) is 35.9 Å². The van der Waals surface area contributed by atoms with Crippen LogP contribution in [0.1, 0.15) is 36.4 Å². The molecule has 1 aliphatic heterocycles. The second-order valence-corrected chi connectivity index (χ2v) is 7.00. The minimum Gasteiger partial charge on any atom is -0.321 e. The molecule has 1 amide bonds. The third kappa shape index (κ3) is 4.16. The van der Waals surface area contributed by atoms with Crippen LogP contribution in [0.4, 0.5) is 5.69 Å². The van der Waals surface area contributed by atoms with Gasteiger partial charge in [-0.3, -0.25) is 4.79 Å². The maximum Gasteiger partial charge on any atom is 0.287 e. The first-order valence-corrected chi connectivity index (χ1v) is 8.99. The van der Waals surface area contributed by atoms with Crippen LogP contribution in [0.2, 0.25) is 5.02 Å². The number of nitrogens with one attached hydrogen (secondary N) is 2. The number of anilines is 1. The number of rotatable bonds is 4. The number of benzene rings is 2. The van der Waals surface area contributed by atoms with E-state index in [9.17, 15) is 4.79 Å². The van der Waals surface area contributed by atoms with Gasteiger partial charge in [-0.2, -0.15) is 0 Å². The lowest BCUT2D eigenvalue weighted by molar-refractivity contribution is -0.926.